The summed E-state index contributed by atoms with van der Waals surface area (Å²) >= 11 is 0. The molecule has 4 unspecified atom stereocenters. The van der Waals surface area contributed by atoms with E-state index >= 15 is 0 Å². The Labute approximate surface area is 105 Å². The highest BCUT2D eigenvalue weighted by Crippen LogP contribution is 2.31. The van der Waals surface area contributed by atoms with Crippen molar-refractivity contribution >= 4 is 0 Å². The van der Waals surface area contributed by atoms with E-state index in [1.54, 1.807) is 0 Å². The Morgan fingerprint density at radius 3 is 2.59 bits per heavy atom. The first-order valence-electron chi connectivity index (χ1n) is 6.97. The summed E-state index contributed by atoms with van der Waals surface area (Å²) in [5.41, 5.74) is -0.0852. The molecule has 2 rings (SSSR count). The molecule has 4 atom stereocenters. The van der Waals surface area contributed by atoms with Gasteiger partial charge in [0.15, 0.2) is 0 Å². The number of morpholine rings is 1. The second-order valence-corrected chi connectivity index (χ2v) is 6.67. The molecule has 0 bridgehead atoms. The van der Waals surface area contributed by atoms with Crippen molar-refractivity contribution in [3.63, 3.8) is 0 Å². The van der Waals surface area contributed by atoms with E-state index in [0.29, 0.717) is 6.04 Å². The summed E-state index contributed by atoms with van der Waals surface area (Å²) < 4.78 is 5.93. The molecule has 1 saturated carbocycles. The molecule has 3 heteroatoms. The summed E-state index contributed by atoms with van der Waals surface area (Å²) in [6, 6.07) is 0.337. The van der Waals surface area contributed by atoms with E-state index in [9.17, 15) is 5.11 Å². The minimum absolute atomic E-state index is 0.0852. The lowest BCUT2D eigenvalue weighted by atomic mass is 9.83. The number of ether oxygens (including phenoxy) is 1. The van der Waals surface area contributed by atoms with Crippen molar-refractivity contribution in [1.82, 2.24) is 4.90 Å². The van der Waals surface area contributed by atoms with E-state index in [4.69, 9.17) is 4.74 Å². The highest BCUT2D eigenvalue weighted by molar-refractivity contribution is 4.92. The van der Waals surface area contributed by atoms with Gasteiger partial charge in [-0.15, -0.1) is 0 Å². The van der Waals surface area contributed by atoms with Gasteiger partial charge in [-0.1, -0.05) is 6.92 Å². The predicted molar refractivity (Wildman–Crippen MR) is 69.0 cm³/mol. The number of aliphatic hydroxyl groups is 1. The Balaban J connectivity index is 2.04. The molecule has 0 radical (unpaired) electrons. The Bertz CT molecular complexity index is 267. The summed E-state index contributed by atoms with van der Waals surface area (Å²) in [7, 11) is 0. The van der Waals surface area contributed by atoms with Crippen LogP contribution in [-0.2, 0) is 4.74 Å². The van der Waals surface area contributed by atoms with Crippen LogP contribution < -0.4 is 0 Å². The molecule has 1 heterocycles. The van der Waals surface area contributed by atoms with Crippen molar-refractivity contribution in [2.75, 3.05) is 13.1 Å². The lowest BCUT2D eigenvalue weighted by Gasteiger charge is -2.48. The van der Waals surface area contributed by atoms with Gasteiger partial charge in [0, 0.05) is 19.1 Å². The van der Waals surface area contributed by atoms with Gasteiger partial charge in [-0.25, -0.2) is 0 Å². The number of nitrogens with zero attached hydrogens (tertiary/aromatic N) is 1. The van der Waals surface area contributed by atoms with Crippen LogP contribution >= 0.6 is 0 Å². The molecule has 100 valence electrons. The predicted octanol–water partition coefficient (Wildman–Crippen LogP) is 2.04. The standard InChI is InChI=1S/C14H27NO2/c1-10-5-6-13(16)12(7-10)15-8-11(2)17-14(3,4)9-15/h10-13,16H,5-9H2,1-4H3. The molecule has 2 aliphatic rings. The molecule has 17 heavy (non-hydrogen) atoms. The third-order valence-electron chi connectivity index (χ3n) is 4.11. The van der Waals surface area contributed by atoms with Gasteiger partial charge in [0.05, 0.1) is 17.8 Å². The minimum Gasteiger partial charge on any atom is -0.391 e. The zero-order valence-corrected chi connectivity index (χ0v) is 11.6. The summed E-state index contributed by atoms with van der Waals surface area (Å²) in [5, 5.41) is 10.2. The van der Waals surface area contributed by atoms with Crippen LogP contribution in [0.1, 0.15) is 47.0 Å². The SMILES string of the molecule is CC1CCC(O)C(N2CC(C)OC(C)(C)C2)C1. The zero-order chi connectivity index (χ0) is 12.6. The van der Waals surface area contributed by atoms with Gasteiger partial charge in [-0.2, -0.15) is 0 Å². The molecule has 3 nitrogen and oxygen atoms in total. The molecule has 0 aromatic rings. The lowest BCUT2D eigenvalue weighted by Crippen LogP contribution is -2.58. The number of rotatable bonds is 1. The van der Waals surface area contributed by atoms with Gasteiger partial charge in [0.1, 0.15) is 0 Å². The molecule has 2 fully saturated rings. The number of aliphatic hydroxyl groups excluding tert-OH is 1. The van der Waals surface area contributed by atoms with Crippen LogP contribution in [0, 0.1) is 5.92 Å². The molecule has 1 N–H and O–H groups in total. The second-order valence-electron chi connectivity index (χ2n) is 6.67. The highest BCUT2D eigenvalue weighted by Gasteiger charge is 2.39. The van der Waals surface area contributed by atoms with E-state index < -0.39 is 0 Å². The van der Waals surface area contributed by atoms with Crippen LogP contribution in [0.4, 0.5) is 0 Å². The Morgan fingerprint density at radius 1 is 1.24 bits per heavy atom. The summed E-state index contributed by atoms with van der Waals surface area (Å²) in [6.45, 7) is 10.6. The highest BCUT2D eigenvalue weighted by atomic mass is 16.5. The van der Waals surface area contributed by atoms with E-state index in [-0.39, 0.29) is 17.8 Å². The smallest absolute Gasteiger partial charge is 0.0757 e. The first-order valence-corrected chi connectivity index (χ1v) is 6.97. The first-order chi connectivity index (χ1) is 7.87. The van der Waals surface area contributed by atoms with Crippen molar-refractivity contribution in [1.29, 1.82) is 0 Å². The van der Waals surface area contributed by atoms with Gasteiger partial charge < -0.3 is 9.84 Å². The molecular weight excluding hydrogens is 214 g/mol. The van der Waals surface area contributed by atoms with Gasteiger partial charge in [-0.05, 0) is 46.0 Å². The third-order valence-corrected chi connectivity index (χ3v) is 4.11. The molecule has 1 saturated heterocycles. The van der Waals surface area contributed by atoms with Crippen molar-refractivity contribution < 1.29 is 9.84 Å². The van der Waals surface area contributed by atoms with Crippen molar-refractivity contribution in [3.05, 3.63) is 0 Å². The van der Waals surface area contributed by atoms with Crippen molar-refractivity contribution in [2.45, 2.75) is 70.8 Å². The largest absolute Gasteiger partial charge is 0.391 e. The monoisotopic (exact) mass is 241 g/mol. The quantitative estimate of drug-likeness (QED) is 0.762. The van der Waals surface area contributed by atoms with Gasteiger partial charge in [0.25, 0.3) is 0 Å². The third kappa shape index (κ3) is 3.21. The first kappa shape index (κ1) is 13.3. The average Bonchev–Trinajstić information content (AvgIpc) is 2.18. The molecule has 0 aromatic carbocycles. The molecular formula is C14H27NO2. The van der Waals surface area contributed by atoms with Gasteiger partial charge in [0.2, 0.25) is 0 Å². The van der Waals surface area contributed by atoms with Gasteiger partial charge >= 0.3 is 0 Å². The Kier molecular flexibility index (Phi) is 3.81. The van der Waals surface area contributed by atoms with Crippen molar-refractivity contribution in [3.8, 4) is 0 Å². The van der Waals surface area contributed by atoms with E-state index in [0.717, 1.165) is 31.8 Å². The Hall–Kier alpha value is -0.120. The Morgan fingerprint density at radius 2 is 1.94 bits per heavy atom. The summed E-state index contributed by atoms with van der Waals surface area (Å²) in [6.07, 6.45) is 3.37. The molecule has 0 aromatic heterocycles. The van der Waals surface area contributed by atoms with Crippen molar-refractivity contribution in [2.24, 2.45) is 5.92 Å². The molecule has 1 aliphatic carbocycles. The summed E-state index contributed by atoms with van der Waals surface area (Å²) in [4.78, 5) is 2.45. The maximum atomic E-state index is 10.2. The second kappa shape index (κ2) is 4.87. The molecule has 1 aliphatic heterocycles. The van der Waals surface area contributed by atoms with Crippen LogP contribution in [0.25, 0.3) is 0 Å². The molecule has 0 spiro atoms. The normalized spacial score (nSPS) is 43.6. The van der Waals surface area contributed by atoms with E-state index in [1.165, 1.54) is 6.42 Å². The fourth-order valence-electron chi connectivity index (χ4n) is 3.48. The lowest BCUT2D eigenvalue weighted by molar-refractivity contribution is -0.152. The van der Waals surface area contributed by atoms with E-state index in [2.05, 4.69) is 32.6 Å². The van der Waals surface area contributed by atoms with E-state index in [1.807, 2.05) is 0 Å². The fourth-order valence-corrected chi connectivity index (χ4v) is 3.48. The number of hydrogen-bond donors (Lipinski definition) is 1. The van der Waals surface area contributed by atoms with Crippen LogP contribution in [0.15, 0.2) is 0 Å². The topological polar surface area (TPSA) is 32.7 Å². The van der Waals surface area contributed by atoms with Crippen LogP contribution in [0.2, 0.25) is 0 Å². The number of hydrogen-bond acceptors (Lipinski definition) is 3. The maximum absolute atomic E-state index is 10.2. The summed E-state index contributed by atoms with van der Waals surface area (Å²) in [5.74, 6) is 0.740. The van der Waals surface area contributed by atoms with Gasteiger partial charge in [-0.3, -0.25) is 4.90 Å². The molecule has 0 amide bonds. The van der Waals surface area contributed by atoms with Crippen LogP contribution in [0.5, 0.6) is 0 Å². The van der Waals surface area contributed by atoms with Crippen LogP contribution in [-0.4, -0.2) is 46.9 Å². The average molecular weight is 241 g/mol. The van der Waals surface area contributed by atoms with Crippen LogP contribution in [0.3, 0.4) is 0 Å². The zero-order valence-electron chi connectivity index (χ0n) is 11.6. The fraction of sp³-hybridized carbons (Fsp3) is 1.00. The maximum Gasteiger partial charge on any atom is 0.0757 e. The minimum atomic E-state index is -0.146.